The third kappa shape index (κ3) is 3.16. The van der Waals surface area contributed by atoms with Crippen molar-refractivity contribution in [2.24, 2.45) is 0 Å². The Kier molecular flexibility index (Phi) is 4.18. The zero-order chi connectivity index (χ0) is 15.4. The molecule has 114 valence electrons. The first-order valence-electron chi connectivity index (χ1n) is 7.35. The van der Waals surface area contributed by atoms with Crippen LogP contribution in [0.1, 0.15) is 18.4 Å². The highest BCUT2D eigenvalue weighted by molar-refractivity contribution is 5.80. The van der Waals surface area contributed by atoms with Crippen molar-refractivity contribution in [2.45, 2.75) is 26.3 Å². The standard InChI is InChI=1S/C16H19N5O/c1-12-5-4-6-13(9-12)22-8-3-2-7-21-11-20-14-15(17)18-10-19-16(14)21/h4-6,9-11H,2-3,7-8H2,1H3,(H2,17,18,19). The number of rotatable bonds is 6. The molecule has 0 fully saturated rings. The van der Waals surface area contributed by atoms with E-state index in [1.54, 1.807) is 6.33 Å². The van der Waals surface area contributed by atoms with Crippen molar-refractivity contribution < 1.29 is 4.74 Å². The Morgan fingerprint density at radius 2 is 2.09 bits per heavy atom. The van der Waals surface area contributed by atoms with E-state index in [-0.39, 0.29) is 0 Å². The molecule has 0 saturated carbocycles. The van der Waals surface area contributed by atoms with Gasteiger partial charge in [-0.1, -0.05) is 12.1 Å². The normalized spacial score (nSPS) is 11.0. The number of nitrogens with two attached hydrogens (primary N) is 1. The van der Waals surface area contributed by atoms with Crippen LogP contribution in [0.25, 0.3) is 11.2 Å². The molecule has 2 heterocycles. The molecular weight excluding hydrogens is 278 g/mol. The van der Waals surface area contributed by atoms with E-state index < -0.39 is 0 Å². The van der Waals surface area contributed by atoms with Gasteiger partial charge in [-0.3, -0.25) is 0 Å². The van der Waals surface area contributed by atoms with E-state index in [4.69, 9.17) is 10.5 Å². The molecule has 0 atom stereocenters. The van der Waals surface area contributed by atoms with Crippen LogP contribution in [0.2, 0.25) is 0 Å². The second-order valence-electron chi connectivity index (χ2n) is 5.24. The Hall–Kier alpha value is -2.63. The number of nitrogen functional groups attached to an aromatic ring is 1. The largest absolute Gasteiger partial charge is 0.494 e. The maximum Gasteiger partial charge on any atom is 0.165 e. The minimum absolute atomic E-state index is 0.423. The molecule has 0 aliphatic heterocycles. The molecule has 6 heteroatoms. The minimum atomic E-state index is 0.423. The number of benzene rings is 1. The number of hydrogen-bond donors (Lipinski definition) is 1. The molecular formula is C16H19N5O. The molecule has 2 aromatic heterocycles. The molecule has 0 amide bonds. The first kappa shape index (κ1) is 14.3. The Balaban J connectivity index is 1.49. The first-order chi connectivity index (χ1) is 10.7. The summed E-state index contributed by atoms with van der Waals surface area (Å²) in [6.07, 6.45) is 5.18. The van der Waals surface area contributed by atoms with Crippen LogP contribution in [0, 0.1) is 6.92 Å². The number of aromatic nitrogens is 4. The van der Waals surface area contributed by atoms with Crippen molar-refractivity contribution in [1.82, 2.24) is 19.5 Å². The van der Waals surface area contributed by atoms with E-state index in [1.807, 2.05) is 22.8 Å². The van der Waals surface area contributed by atoms with Gasteiger partial charge < -0.3 is 15.0 Å². The Morgan fingerprint density at radius 1 is 1.18 bits per heavy atom. The van der Waals surface area contributed by atoms with E-state index >= 15 is 0 Å². The number of fused-ring (bicyclic) bond motifs is 1. The molecule has 0 bridgehead atoms. The monoisotopic (exact) mass is 297 g/mol. The number of anilines is 1. The SMILES string of the molecule is Cc1cccc(OCCCCn2cnc3c(N)ncnc32)c1. The zero-order valence-corrected chi connectivity index (χ0v) is 12.6. The third-order valence-electron chi connectivity index (χ3n) is 3.48. The molecule has 0 unspecified atom stereocenters. The van der Waals surface area contributed by atoms with Crippen LogP contribution in [0.15, 0.2) is 36.9 Å². The highest BCUT2D eigenvalue weighted by atomic mass is 16.5. The minimum Gasteiger partial charge on any atom is -0.494 e. The third-order valence-corrected chi connectivity index (χ3v) is 3.48. The Labute approximate surface area is 129 Å². The van der Waals surface area contributed by atoms with Crippen LogP contribution < -0.4 is 10.5 Å². The van der Waals surface area contributed by atoms with Crippen LogP contribution in [-0.2, 0) is 6.54 Å². The van der Waals surface area contributed by atoms with Gasteiger partial charge in [-0.05, 0) is 37.5 Å². The maximum atomic E-state index is 5.78. The number of imidazole rings is 1. The van der Waals surface area contributed by atoms with Gasteiger partial charge in [-0.2, -0.15) is 0 Å². The molecule has 6 nitrogen and oxygen atoms in total. The summed E-state index contributed by atoms with van der Waals surface area (Å²) in [6.45, 7) is 3.60. The van der Waals surface area contributed by atoms with Crippen LogP contribution in [0.3, 0.4) is 0 Å². The first-order valence-corrected chi connectivity index (χ1v) is 7.35. The van der Waals surface area contributed by atoms with Crippen LogP contribution in [-0.4, -0.2) is 26.1 Å². The molecule has 0 aliphatic rings. The molecule has 22 heavy (non-hydrogen) atoms. The molecule has 3 aromatic rings. The maximum absolute atomic E-state index is 5.78. The fourth-order valence-corrected chi connectivity index (χ4v) is 2.34. The van der Waals surface area contributed by atoms with Gasteiger partial charge in [0, 0.05) is 6.54 Å². The van der Waals surface area contributed by atoms with E-state index in [0.717, 1.165) is 30.8 Å². The summed E-state index contributed by atoms with van der Waals surface area (Å²) >= 11 is 0. The van der Waals surface area contributed by atoms with Gasteiger partial charge in [-0.25, -0.2) is 15.0 Å². The van der Waals surface area contributed by atoms with Gasteiger partial charge in [0.2, 0.25) is 0 Å². The quantitative estimate of drug-likeness (QED) is 0.707. The predicted octanol–water partition coefficient (Wildman–Crippen LogP) is 2.58. The summed E-state index contributed by atoms with van der Waals surface area (Å²) in [5, 5.41) is 0. The summed E-state index contributed by atoms with van der Waals surface area (Å²) in [5.74, 6) is 1.35. The number of nitrogens with zero attached hydrogens (tertiary/aromatic N) is 4. The van der Waals surface area contributed by atoms with Crippen molar-refractivity contribution in [2.75, 3.05) is 12.3 Å². The number of unbranched alkanes of at least 4 members (excludes halogenated alkanes) is 1. The average molecular weight is 297 g/mol. The van der Waals surface area contributed by atoms with Gasteiger partial charge in [0.15, 0.2) is 11.5 Å². The van der Waals surface area contributed by atoms with E-state index in [0.29, 0.717) is 17.9 Å². The van der Waals surface area contributed by atoms with Gasteiger partial charge in [0.25, 0.3) is 0 Å². The molecule has 1 aromatic carbocycles. The zero-order valence-electron chi connectivity index (χ0n) is 12.6. The lowest BCUT2D eigenvalue weighted by atomic mass is 10.2. The Bertz CT molecular complexity index is 768. The van der Waals surface area contributed by atoms with E-state index in [1.165, 1.54) is 11.9 Å². The second-order valence-corrected chi connectivity index (χ2v) is 5.24. The molecule has 0 saturated heterocycles. The van der Waals surface area contributed by atoms with Gasteiger partial charge in [0.1, 0.15) is 17.6 Å². The lowest BCUT2D eigenvalue weighted by molar-refractivity contribution is 0.303. The summed E-state index contributed by atoms with van der Waals surface area (Å²) < 4.78 is 7.74. The van der Waals surface area contributed by atoms with Crippen molar-refractivity contribution in [3.8, 4) is 5.75 Å². The fourth-order valence-electron chi connectivity index (χ4n) is 2.34. The topological polar surface area (TPSA) is 78.9 Å². The lowest BCUT2D eigenvalue weighted by Crippen LogP contribution is -2.03. The number of aryl methyl sites for hydroxylation is 2. The molecule has 0 spiro atoms. The summed E-state index contributed by atoms with van der Waals surface area (Å²) in [4.78, 5) is 12.4. The lowest BCUT2D eigenvalue weighted by Gasteiger charge is -2.07. The van der Waals surface area contributed by atoms with Crippen molar-refractivity contribution in [1.29, 1.82) is 0 Å². The average Bonchev–Trinajstić information content (AvgIpc) is 2.92. The molecule has 0 radical (unpaired) electrons. The number of ether oxygens (including phenoxy) is 1. The van der Waals surface area contributed by atoms with Crippen molar-refractivity contribution in [3.63, 3.8) is 0 Å². The van der Waals surface area contributed by atoms with Crippen molar-refractivity contribution >= 4 is 17.0 Å². The Morgan fingerprint density at radius 3 is 2.95 bits per heavy atom. The van der Waals surface area contributed by atoms with Crippen LogP contribution >= 0.6 is 0 Å². The van der Waals surface area contributed by atoms with Gasteiger partial charge in [-0.15, -0.1) is 0 Å². The molecule has 2 N–H and O–H groups in total. The summed E-state index contributed by atoms with van der Waals surface area (Å²) in [6, 6.07) is 8.09. The molecule has 0 aliphatic carbocycles. The van der Waals surface area contributed by atoms with E-state index in [9.17, 15) is 0 Å². The van der Waals surface area contributed by atoms with E-state index in [2.05, 4.69) is 27.9 Å². The number of hydrogen-bond acceptors (Lipinski definition) is 5. The van der Waals surface area contributed by atoms with Gasteiger partial charge in [0.05, 0.1) is 12.9 Å². The second kappa shape index (κ2) is 6.43. The highest BCUT2D eigenvalue weighted by Gasteiger charge is 2.07. The summed E-state index contributed by atoms with van der Waals surface area (Å²) in [5.41, 5.74) is 8.43. The van der Waals surface area contributed by atoms with Crippen LogP contribution in [0.5, 0.6) is 5.75 Å². The fraction of sp³-hybridized carbons (Fsp3) is 0.312. The highest BCUT2D eigenvalue weighted by Crippen LogP contribution is 2.15. The van der Waals surface area contributed by atoms with Crippen LogP contribution in [0.4, 0.5) is 5.82 Å². The summed E-state index contributed by atoms with van der Waals surface area (Å²) in [7, 11) is 0. The smallest absolute Gasteiger partial charge is 0.165 e. The van der Waals surface area contributed by atoms with Crippen molar-refractivity contribution in [3.05, 3.63) is 42.5 Å². The van der Waals surface area contributed by atoms with Gasteiger partial charge >= 0.3 is 0 Å². The molecule has 3 rings (SSSR count). The predicted molar refractivity (Wildman–Crippen MR) is 85.6 cm³/mol.